The van der Waals surface area contributed by atoms with Crippen molar-refractivity contribution in [3.8, 4) is 17.2 Å². The number of aromatic nitrogens is 3. The highest BCUT2D eigenvalue weighted by atomic mass is 79.9. The zero-order valence-corrected chi connectivity index (χ0v) is 14.1. The Labute approximate surface area is 146 Å². The molecule has 0 unspecified atom stereocenters. The molecule has 2 aromatic heterocycles. The van der Waals surface area contributed by atoms with E-state index < -0.39 is 0 Å². The normalized spacial score (nSPS) is 10.9. The van der Waals surface area contributed by atoms with E-state index in [1.807, 2.05) is 48.5 Å². The lowest BCUT2D eigenvalue weighted by Crippen LogP contribution is -1.99. The summed E-state index contributed by atoms with van der Waals surface area (Å²) in [5.41, 5.74) is 4.25. The Bertz CT molecular complexity index is 1040. The van der Waals surface area contributed by atoms with Crippen LogP contribution >= 0.6 is 15.9 Å². The smallest absolute Gasteiger partial charge is 0.164 e. The van der Waals surface area contributed by atoms with Crippen LogP contribution in [-0.4, -0.2) is 20.8 Å². The van der Waals surface area contributed by atoms with Gasteiger partial charge in [0.15, 0.2) is 5.82 Å². The molecule has 0 aliphatic rings. The quantitative estimate of drug-likeness (QED) is 0.487. The standard InChI is InChI=1S/C19H12BrN3O/c20-14-9-10-21-17(11-14)19-22-16-3-1-2-4-18(16)23(19)15-7-5-13(12-24)6-8-15/h1-12H. The Morgan fingerprint density at radius 2 is 1.79 bits per heavy atom. The second-order valence-electron chi connectivity index (χ2n) is 5.33. The molecule has 0 saturated heterocycles. The molecule has 4 rings (SSSR count). The summed E-state index contributed by atoms with van der Waals surface area (Å²) < 4.78 is 3.00. The lowest BCUT2D eigenvalue weighted by Gasteiger charge is -2.09. The van der Waals surface area contributed by atoms with E-state index in [1.165, 1.54) is 0 Å². The Hall–Kier alpha value is -2.79. The van der Waals surface area contributed by atoms with Gasteiger partial charge in [0.05, 0.1) is 11.0 Å². The molecule has 2 aromatic carbocycles. The topological polar surface area (TPSA) is 47.8 Å². The Morgan fingerprint density at radius 3 is 2.54 bits per heavy atom. The number of aldehydes is 1. The fourth-order valence-corrected chi connectivity index (χ4v) is 3.02. The summed E-state index contributed by atoms with van der Waals surface area (Å²) in [6.07, 6.45) is 2.59. The van der Waals surface area contributed by atoms with Gasteiger partial charge in [-0.3, -0.25) is 14.3 Å². The van der Waals surface area contributed by atoms with Gasteiger partial charge in [0.2, 0.25) is 0 Å². The van der Waals surface area contributed by atoms with Gasteiger partial charge in [-0.2, -0.15) is 0 Å². The molecule has 0 aliphatic heterocycles. The number of para-hydroxylation sites is 2. The number of benzene rings is 2. The van der Waals surface area contributed by atoms with Crippen LogP contribution in [0, 0.1) is 0 Å². The van der Waals surface area contributed by atoms with Gasteiger partial charge < -0.3 is 0 Å². The molecule has 24 heavy (non-hydrogen) atoms. The van der Waals surface area contributed by atoms with Crippen molar-refractivity contribution >= 4 is 33.2 Å². The predicted octanol–water partition coefficient (Wildman–Crippen LogP) is 4.66. The van der Waals surface area contributed by atoms with Gasteiger partial charge in [0, 0.05) is 21.9 Å². The van der Waals surface area contributed by atoms with Gasteiger partial charge in [-0.15, -0.1) is 0 Å². The van der Waals surface area contributed by atoms with Crippen molar-refractivity contribution in [2.75, 3.05) is 0 Å². The van der Waals surface area contributed by atoms with Gasteiger partial charge in [-0.05, 0) is 48.5 Å². The maximum atomic E-state index is 10.9. The summed E-state index contributed by atoms with van der Waals surface area (Å²) >= 11 is 3.49. The van der Waals surface area contributed by atoms with E-state index in [9.17, 15) is 4.79 Å². The van der Waals surface area contributed by atoms with E-state index in [0.29, 0.717) is 5.56 Å². The molecular formula is C19H12BrN3O. The molecule has 2 heterocycles. The maximum absolute atomic E-state index is 10.9. The summed E-state index contributed by atoms with van der Waals surface area (Å²) in [7, 11) is 0. The van der Waals surface area contributed by atoms with Crippen LogP contribution < -0.4 is 0 Å². The van der Waals surface area contributed by atoms with Crippen LogP contribution in [0.5, 0.6) is 0 Å². The molecule has 0 bridgehead atoms. The number of halogens is 1. The molecule has 116 valence electrons. The number of carbonyl (C=O) groups excluding carboxylic acids is 1. The van der Waals surface area contributed by atoms with E-state index in [0.717, 1.165) is 39.0 Å². The van der Waals surface area contributed by atoms with Crippen molar-refractivity contribution in [1.29, 1.82) is 0 Å². The molecule has 0 fully saturated rings. The average Bonchev–Trinajstić information content (AvgIpc) is 3.01. The van der Waals surface area contributed by atoms with Crippen molar-refractivity contribution in [2.45, 2.75) is 0 Å². The van der Waals surface area contributed by atoms with Crippen LogP contribution in [0.4, 0.5) is 0 Å². The van der Waals surface area contributed by atoms with Gasteiger partial charge in [-0.25, -0.2) is 4.98 Å². The van der Waals surface area contributed by atoms with Gasteiger partial charge >= 0.3 is 0 Å². The van der Waals surface area contributed by atoms with Crippen molar-refractivity contribution in [3.05, 3.63) is 76.9 Å². The molecule has 0 amide bonds. The molecule has 0 saturated carbocycles. The van der Waals surface area contributed by atoms with Crippen molar-refractivity contribution in [2.24, 2.45) is 0 Å². The van der Waals surface area contributed by atoms with E-state index >= 15 is 0 Å². The van der Waals surface area contributed by atoms with Gasteiger partial charge in [-0.1, -0.05) is 28.1 Å². The summed E-state index contributed by atoms with van der Waals surface area (Å²) in [4.78, 5) is 20.1. The number of fused-ring (bicyclic) bond motifs is 1. The molecule has 0 radical (unpaired) electrons. The van der Waals surface area contributed by atoms with E-state index in [4.69, 9.17) is 4.98 Å². The summed E-state index contributed by atoms with van der Waals surface area (Å²) in [6, 6.07) is 19.2. The number of imidazole rings is 1. The number of carbonyl (C=O) groups is 1. The number of hydrogen-bond acceptors (Lipinski definition) is 3. The molecule has 0 N–H and O–H groups in total. The first kappa shape index (κ1) is 14.8. The molecule has 0 aliphatic carbocycles. The highest BCUT2D eigenvalue weighted by Gasteiger charge is 2.15. The fourth-order valence-electron chi connectivity index (χ4n) is 2.69. The maximum Gasteiger partial charge on any atom is 0.164 e. The van der Waals surface area contributed by atoms with E-state index in [2.05, 4.69) is 25.5 Å². The SMILES string of the molecule is O=Cc1ccc(-n2c(-c3cc(Br)ccn3)nc3ccccc32)cc1. The Balaban J connectivity index is 2.01. The second kappa shape index (κ2) is 6.02. The minimum atomic E-state index is 0.644. The van der Waals surface area contributed by atoms with Crippen LogP contribution in [0.1, 0.15) is 10.4 Å². The summed E-state index contributed by atoms with van der Waals surface area (Å²) in [5, 5.41) is 0. The fraction of sp³-hybridized carbons (Fsp3) is 0. The highest BCUT2D eigenvalue weighted by Crippen LogP contribution is 2.28. The van der Waals surface area contributed by atoms with E-state index in [-0.39, 0.29) is 0 Å². The van der Waals surface area contributed by atoms with Crippen molar-refractivity contribution < 1.29 is 4.79 Å². The van der Waals surface area contributed by atoms with Crippen molar-refractivity contribution in [3.63, 3.8) is 0 Å². The monoisotopic (exact) mass is 377 g/mol. The number of pyridine rings is 1. The third-order valence-corrected chi connectivity index (χ3v) is 4.29. The van der Waals surface area contributed by atoms with E-state index in [1.54, 1.807) is 18.3 Å². The minimum Gasteiger partial charge on any atom is -0.298 e. The summed E-state index contributed by atoms with van der Waals surface area (Å²) in [5.74, 6) is 0.761. The van der Waals surface area contributed by atoms with Gasteiger partial charge in [0.25, 0.3) is 0 Å². The predicted molar refractivity (Wildman–Crippen MR) is 97.4 cm³/mol. The van der Waals surface area contributed by atoms with Crippen LogP contribution in [0.15, 0.2) is 71.3 Å². The molecule has 0 atom stereocenters. The zero-order chi connectivity index (χ0) is 16.5. The Kier molecular flexibility index (Phi) is 3.70. The molecule has 0 spiro atoms. The first-order valence-corrected chi connectivity index (χ1v) is 8.20. The largest absolute Gasteiger partial charge is 0.298 e. The third kappa shape index (κ3) is 2.53. The zero-order valence-electron chi connectivity index (χ0n) is 12.6. The van der Waals surface area contributed by atoms with Crippen LogP contribution in [0.2, 0.25) is 0 Å². The first-order valence-electron chi connectivity index (χ1n) is 7.41. The number of hydrogen-bond donors (Lipinski definition) is 0. The lowest BCUT2D eigenvalue weighted by atomic mass is 10.2. The van der Waals surface area contributed by atoms with Crippen LogP contribution in [0.25, 0.3) is 28.2 Å². The average molecular weight is 378 g/mol. The molecule has 4 aromatic rings. The van der Waals surface area contributed by atoms with Gasteiger partial charge in [0.1, 0.15) is 12.0 Å². The molecule has 4 nitrogen and oxygen atoms in total. The number of rotatable bonds is 3. The second-order valence-corrected chi connectivity index (χ2v) is 6.24. The summed E-state index contributed by atoms with van der Waals surface area (Å²) in [6.45, 7) is 0. The van der Waals surface area contributed by atoms with Crippen molar-refractivity contribution in [1.82, 2.24) is 14.5 Å². The number of nitrogens with zero attached hydrogens (tertiary/aromatic N) is 3. The van der Waals surface area contributed by atoms with Crippen LogP contribution in [0.3, 0.4) is 0 Å². The third-order valence-electron chi connectivity index (χ3n) is 3.80. The first-order chi connectivity index (χ1) is 11.8. The highest BCUT2D eigenvalue weighted by molar-refractivity contribution is 9.10. The molecular weight excluding hydrogens is 366 g/mol. The minimum absolute atomic E-state index is 0.644. The lowest BCUT2D eigenvalue weighted by molar-refractivity contribution is 0.112. The van der Waals surface area contributed by atoms with Crippen LogP contribution in [-0.2, 0) is 0 Å². The Morgan fingerprint density at radius 1 is 1.00 bits per heavy atom. The molecule has 5 heteroatoms.